The lowest BCUT2D eigenvalue weighted by atomic mass is 9.34. The predicted molar refractivity (Wildman–Crippen MR) is 539 cm³/mol. The maximum absolute atomic E-state index is 6.07. The van der Waals surface area contributed by atoms with Crippen molar-refractivity contribution in [2.45, 2.75) is 105 Å². The lowest BCUT2D eigenvalue weighted by Crippen LogP contribution is -2.59. The van der Waals surface area contributed by atoms with Gasteiger partial charge in [-0.3, -0.25) is 0 Å². The molecule has 0 spiro atoms. The molecule has 6 heteroatoms. The van der Waals surface area contributed by atoms with Gasteiger partial charge in [0.05, 0.1) is 22.1 Å². The van der Waals surface area contributed by atoms with Crippen molar-refractivity contribution < 1.29 is 0 Å². The molecule has 0 atom stereocenters. The summed E-state index contributed by atoms with van der Waals surface area (Å²) < 4.78 is 5.40. The number of hydrogen-bond donors (Lipinski definition) is 0. The van der Waals surface area contributed by atoms with Crippen LogP contribution in [0.3, 0.4) is 0 Å². The molecule has 5 heterocycles. The van der Waals surface area contributed by atoms with Gasteiger partial charge in [-0.15, -0.1) is 0 Å². The summed E-state index contributed by atoms with van der Waals surface area (Å²) in [7, 11) is 0. The molecule has 0 radical (unpaired) electrons. The van der Waals surface area contributed by atoms with E-state index in [1.54, 1.807) is 0 Å². The van der Waals surface area contributed by atoms with Crippen molar-refractivity contribution in [2.75, 3.05) is 0 Å². The van der Waals surface area contributed by atoms with Crippen LogP contribution >= 0.6 is 0 Å². The van der Waals surface area contributed by atoms with E-state index in [4.69, 9.17) is 15.0 Å². The van der Waals surface area contributed by atoms with Crippen molar-refractivity contribution in [3.63, 3.8) is 0 Å². The Bertz CT molecular complexity index is 7140. The van der Waals surface area contributed by atoms with Crippen LogP contribution < -0.4 is 16.4 Å². The largest absolute Gasteiger partial charge is 0.310 e. The third-order valence-electron chi connectivity index (χ3n) is 26.7. The molecule has 3 aromatic heterocycles. The highest BCUT2D eigenvalue weighted by Crippen LogP contribution is 2.52. The van der Waals surface area contributed by atoms with Crippen LogP contribution in [0.4, 0.5) is 0 Å². The third kappa shape index (κ3) is 13.8. The minimum Gasteiger partial charge on any atom is -0.310 e. The standard InChI is InChI=1S/C121H98BN5/c1-118(2,3)94-63-89(64-95(73-94)119(4,5)6)98-53-55-102-113-110(98)108-100(81-49-33-19-34-50-81)67-87(79-45-29-17-30-46-79)69-104(108)126(113)106-71-93(117-124-115(91-59-83(75-37-21-13-22-38-75)57-84(60-91)76-39-23-14-24-40-76)123-116(125-117)92-61-85(77-41-25-15-26-42-77)58-86(62-92)78-43-27-16-28-44-78)72-107-112(106)122(102)103-56-54-99(90-65-96(120(7,8)9)74-97(66-90)121(10,11)12)111-109-101(82-51-35-20-36-52-82)68-88(80-47-31-18-32-48-80)70-105(109)127(107)114(103)111/h13-74H,1-12H3. The molecule has 17 aromatic carbocycles. The Labute approximate surface area is 745 Å². The van der Waals surface area contributed by atoms with Gasteiger partial charge in [0.2, 0.25) is 0 Å². The second-order valence-corrected chi connectivity index (χ2v) is 39.2. The molecule has 0 N–H and O–H groups in total. The zero-order valence-corrected chi connectivity index (χ0v) is 74.1. The lowest BCUT2D eigenvalue weighted by molar-refractivity contribution is 0.568. The van der Waals surface area contributed by atoms with Crippen molar-refractivity contribution in [1.29, 1.82) is 0 Å². The van der Waals surface area contributed by atoms with Crippen molar-refractivity contribution in [3.05, 3.63) is 398 Å². The van der Waals surface area contributed by atoms with Gasteiger partial charge in [-0.1, -0.05) is 386 Å². The van der Waals surface area contributed by atoms with Gasteiger partial charge in [0.25, 0.3) is 6.71 Å². The van der Waals surface area contributed by atoms with Crippen LogP contribution in [0.5, 0.6) is 0 Å². The van der Waals surface area contributed by atoms with Crippen LogP contribution in [0.2, 0.25) is 0 Å². The first kappa shape index (κ1) is 78.4. The molecular weight excluding hydrogens is 1530 g/mol. The Morgan fingerprint density at radius 1 is 0.197 bits per heavy atom. The number of aromatic nitrogens is 5. The summed E-state index contributed by atoms with van der Waals surface area (Å²) in [4.78, 5) is 18.0. The van der Waals surface area contributed by atoms with E-state index >= 15 is 0 Å². The summed E-state index contributed by atoms with van der Waals surface area (Å²) in [5.74, 6) is 1.65. The van der Waals surface area contributed by atoms with Crippen molar-refractivity contribution >= 4 is 66.7 Å². The highest BCUT2D eigenvalue weighted by Gasteiger charge is 2.44. The minimum atomic E-state index is -0.306. The summed E-state index contributed by atoms with van der Waals surface area (Å²) in [5.41, 5.74) is 40.0. The molecule has 0 bridgehead atoms. The topological polar surface area (TPSA) is 48.5 Å². The zero-order chi connectivity index (χ0) is 86.5. The maximum Gasteiger partial charge on any atom is 0.252 e. The molecule has 0 unspecified atom stereocenters. The monoisotopic (exact) mass is 1630 g/mol. The average Bonchev–Trinajstić information content (AvgIpc) is 1.51. The number of rotatable bonds is 13. The van der Waals surface area contributed by atoms with Crippen LogP contribution in [0.15, 0.2) is 376 Å². The molecule has 0 amide bonds. The molecule has 127 heavy (non-hydrogen) atoms. The fourth-order valence-corrected chi connectivity index (χ4v) is 20.0. The molecule has 20 aromatic rings. The number of benzene rings is 17. The molecule has 22 rings (SSSR count). The minimum absolute atomic E-state index is 0.165. The van der Waals surface area contributed by atoms with Gasteiger partial charge in [-0.25, -0.2) is 15.0 Å². The average molecular weight is 1630 g/mol. The normalized spacial score (nSPS) is 12.6. The quantitative estimate of drug-likeness (QED) is 0.108. The number of hydrogen-bond acceptors (Lipinski definition) is 3. The van der Waals surface area contributed by atoms with E-state index in [9.17, 15) is 0 Å². The molecular formula is C121H98BN5. The van der Waals surface area contributed by atoms with Gasteiger partial charge in [0, 0.05) is 49.6 Å². The molecule has 2 aliphatic rings. The third-order valence-corrected chi connectivity index (χ3v) is 26.7. The summed E-state index contributed by atoms with van der Waals surface area (Å²) >= 11 is 0. The van der Waals surface area contributed by atoms with Crippen LogP contribution in [0, 0.1) is 0 Å². The van der Waals surface area contributed by atoms with E-state index in [2.05, 4.69) is 468 Å². The Balaban J connectivity index is 0.949. The first-order valence-corrected chi connectivity index (χ1v) is 44.8. The lowest BCUT2D eigenvalue weighted by Gasteiger charge is -2.34. The van der Waals surface area contributed by atoms with Crippen LogP contribution in [-0.4, -0.2) is 30.8 Å². The fraction of sp³-hybridized carbons (Fsp3) is 0.132. The summed E-state index contributed by atoms with van der Waals surface area (Å²) in [5, 5.41) is 4.81. The molecule has 0 saturated carbocycles. The predicted octanol–water partition coefficient (Wildman–Crippen LogP) is 30.1. The Kier molecular flexibility index (Phi) is 18.6. The van der Waals surface area contributed by atoms with Gasteiger partial charge < -0.3 is 9.13 Å². The Morgan fingerprint density at radius 3 is 0.709 bits per heavy atom. The van der Waals surface area contributed by atoms with Crippen LogP contribution in [0.25, 0.3) is 200 Å². The second kappa shape index (κ2) is 30.1. The van der Waals surface area contributed by atoms with Crippen LogP contribution in [-0.2, 0) is 21.7 Å². The first-order chi connectivity index (χ1) is 61.5. The highest BCUT2D eigenvalue weighted by atomic mass is 15.1. The van der Waals surface area contributed by atoms with Gasteiger partial charge in [-0.2, -0.15) is 0 Å². The Morgan fingerprint density at radius 2 is 0.441 bits per heavy atom. The summed E-state index contributed by atoms with van der Waals surface area (Å²) in [6.07, 6.45) is 0. The van der Waals surface area contributed by atoms with E-state index in [-0.39, 0.29) is 28.4 Å². The molecule has 610 valence electrons. The van der Waals surface area contributed by atoms with Crippen molar-refractivity contribution in [3.8, 4) is 157 Å². The summed E-state index contributed by atoms with van der Waals surface area (Å²) in [6, 6.07) is 141. The van der Waals surface area contributed by atoms with Gasteiger partial charge in [0.15, 0.2) is 17.5 Å². The number of nitrogens with zero attached hydrogens (tertiary/aromatic N) is 5. The zero-order valence-electron chi connectivity index (χ0n) is 74.1. The molecule has 0 fully saturated rings. The van der Waals surface area contributed by atoms with Gasteiger partial charge >= 0.3 is 0 Å². The number of fused-ring (bicyclic) bond motifs is 10. The SMILES string of the molecule is CC(C)(C)c1cc(-c2ccc3c4c2c2c(-c5ccccc5)cc(-c5ccccc5)cc2n4-c2cc(-c4nc(-c5cc(-c6ccccc6)cc(-c6ccccc6)c5)nc(-c5cc(-c6ccccc6)cc(-c6ccccc6)c5)n4)cc4c2B3c2ccc(-c3cc(C(C)(C)C)cc(C(C)(C)C)c3)c3c5c(-c6ccccc6)cc(-c6ccccc6)cc5n-4c23)cc(C(C)(C)C)c1. The van der Waals surface area contributed by atoms with E-state index in [1.165, 1.54) is 105 Å². The molecule has 0 saturated heterocycles. The maximum atomic E-state index is 6.07. The molecule has 0 aliphatic carbocycles. The van der Waals surface area contributed by atoms with Gasteiger partial charge in [0.1, 0.15) is 0 Å². The molecule has 5 nitrogen and oxygen atoms in total. The van der Waals surface area contributed by atoms with E-state index < -0.39 is 0 Å². The van der Waals surface area contributed by atoms with Gasteiger partial charge in [-0.05, 0) is 244 Å². The smallest absolute Gasteiger partial charge is 0.252 e. The van der Waals surface area contributed by atoms with Crippen LogP contribution in [0.1, 0.15) is 105 Å². The van der Waals surface area contributed by atoms with E-state index in [1.807, 2.05) is 0 Å². The fourth-order valence-electron chi connectivity index (χ4n) is 20.0. The second-order valence-electron chi connectivity index (χ2n) is 39.2. The van der Waals surface area contributed by atoms with E-state index in [0.717, 1.165) is 117 Å². The Hall–Kier alpha value is -14.6. The van der Waals surface area contributed by atoms with Crippen molar-refractivity contribution in [2.24, 2.45) is 0 Å². The highest BCUT2D eigenvalue weighted by molar-refractivity contribution is 7.00. The van der Waals surface area contributed by atoms with Crippen molar-refractivity contribution in [1.82, 2.24) is 24.1 Å². The molecule has 2 aliphatic heterocycles. The first-order valence-electron chi connectivity index (χ1n) is 44.8. The summed E-state index contributed by atoms with van der Waals surface area (Å²) in [6.45, 7) is 28.1. The van der Waals surface area contributed by atoms with E-state index in [0.29, 0.717) is 17.5 Å².